The lowest BCUT2D eigenvalue weighted by Gasteiger charge is -1.94. The maximum Gasteiger partial charge on any atom is 0.208 e. The van der Waals surface area contributed by atoms with Crippen molar-refractivity contribution in [2.45, 2.75) is 19.2 Å². The van der Waals surface area contributed by atoms with E-state index in [9.17, 15) is 4.79 Å². The Morgan fingerprint density at radius 3 is 2.55 bits per heavy atom. The van der Waals surface area contributed by atoms with Crippen molar-refractivity contribution in [3.05, 3.63) is 0 Å². The lowest BCUT2D eigenvalue weighted by molar-refractivity contribution is -0.116. The van der Waals surface area contributed by atoms with Gasteiger partial charge < -0.3 is 5.11 Å². The van der Waals surface area contributed by atoms with Crippen LogP contribution in [0.4, 0.5) is 0 Å². The quantitative estimate of drug-likeness (QED) is 0.382. The molecule has 0 fully saturated rings. The Hall–Kier alpha value is -0.520. The first-order valence-corrected chi connectivity index (χ1v) is 3.82. The first kappa shape index (κ1) is 10.5. The van der Waals surface area contributed by atoms with Gasteiger partial charge >= 0.3 is 0 Å². The van der Waals surface area contributed by atoms with Crippen LogP contribution in [0.25, 0.3) is 0 Å². The van der Waals surface area contributed by atoms with Crippen LogP contribution in [0.15, 0.2) is 0 Å². The molecule has 62 valence electrons. The van der Waals surface area contributed by atoms with E-state index in [4.69, 9.17) is 16.7 Å². The van der Waals surface area contributed by atoms with Crippen molar-refractivity contribution in [3.63, 3.8) is 0 Å². The van der Waals surface area contributed by atoms with Crippen LogP contribution in [0.3, 0.4) is 0 Å². The van der Waals surface area contributed by atoms with Crippen LogP contribution in [0.2, 0.25) is 0 Å². The van der Waals surface area contributed by atoms with Gasteiger partial charge in [-0.05, 0) is 5.92 Å². The highest BCUT2D eigenvalue weighted by Crippen LogP contribution is 1.94. The molecule has 0 heterocycles. The Kier molecular flexibility index (Phi) is 4.93. The maximum absolute atomic E-state index is 10.8. The SMILES string of the molecule is CC(C)C(=O)C#CC(Cl)CO. The lowest BCUT2D eigenvalue weighted by Crippen LogP contribution is -2.06. The van der Waals surface area contributed by atoms with Gasteiger partial charge in [0.1, 0.15) is 5.38 Å². The lowest BCUT2D eigenvalue weighted by atomic mass is 10.1. The molecule has 11 heavy (non-hydrogen) atoms. The number of carbonyl (C=O) groups is 1. The second-order valence-electron chi connectivity index (χ2n) is 2.44. The number of aliphatic hydroxyl groups excluding tert-OH is 1. The zero-order valence-corrected chi connectivity index (χ0v) is 7.35. The molecule has 0 aromatic carbocycles. The molecule has 0 radical (unpaired) electrons. The first-order chi connectivity index (χ1) is 5.07. The summed E-state index contributed by atoms with van der Waals surface area (Å²) in [5.41, 5.74) is 0. The zero-order chi connectivity index (χ0) is 8.85. The van der Waals surface area contributed by atoms with E-state index < -0.39 is 5.38 Å². The predicted octanol–water partition coefficient (Wildman–Crippen LogP) is 0.815. The molecular formula is C8H11ClO2. The number of hydrogen-bond donors (Lipinski definition) is 1. The fraction of sp³-hybridized carbons (Fsp3) is 0.625. The summed E-state index contributed by atoms with van der Waals surface area (Å²) in [7, 11) is 0. The molecular weight excluding hydrogens is 164 g/mol. The number of Topliss-reactive ketones (excluding diaryl/α,β-unsaturated/α-hetero) is 1. The van der Waals surface area contributed by atoms with Crippen molar-refractivity contribution >= 4 is 17.4 Å². The number of alkyl halides is 1. The third-order valence-electron chi connectivity index (χ3n) is 1.04. The summed E-state index contributed by atoms with van der Waals surface area (Å²) in [5, 5.41) is 7.81. The molecule has 0 aromatic rings. The normalized spacial score (nSPS) is 12.1. The Bertz CT molecular complexity index is 188. The van der Waals surface area contributed by atoms with Crippen LogP contribution in [-0.4, -0.2) is 22.9 Å². The third kappa shape index (κ3) is 4.83. The Morgan fingerprint density at radius 2 is 2.18 bits per heavy atom. The van der Waals surface area contributed by atoms with Crippen molar-refractivity contribution in [2.75, 3.05) is 6.61 Å². The van der Waals surface area contributed by atoms with Crippen molar-refractivity contribution in [2.24, 2.45) is 5.92 Å². The van der Waals surface area contributed by atoms with Crippen LogP contribution in [0.5, 0.6) is 0 Å². The Balaban J connectivity index is 3.97. The van der Waals surface area contributed by atoms with E-state index in [1.54, 1.807) is 13.8 Å². The molecule has 0 bridgehead atoms. The summed E-state index contributed by atoms with van der Waals surface area (Å²) in [5.74, 6) is 4.54. The second-order valence-corrected chi connectivity index (χ2v) is 2.97. The van der Waals surface area contributed by atoms with Crippen LogP contribution in [0, 0.1) is 17.8 Å². The number of aliphatic hydroxyl groups is 1. The fourth-order valence-corrected chi connectivity index (χ4v) is 0.394. The molecule has 1 N–H and O–H groups in total. The minimum absolute atomic E-state index is 0.0925. The summed E-state index contributed by atoms with van der Waals surface area (Å²) < 4.78 is 0. The first-order valence-electron chi connectivity index (χ1n) is 3.38. The highest BCUT2D eigenvalue weighted by molar-refractivity contribution is 6.22. The van der Waals surface area contributed by atoms with Crippen molar-refractivity contribution in [1.82, 2.24) is 0 Å². The summed E-state index contributed by atoms with van der Waals surface area (Å²) in [4.78, 5) is 10.8. The average molecular weight is 175 g/mol. The minimum atomic E-state index is -0.627. The highest BCUT2D eigenvalue weighted by Gasteiger charge is 2.02. The molecule has 0 saturated carbocycles. The van der Waals surface area contributed by atoms with Gasteiger partial charge in [0, 0.05) is 5.92 Å². The summed E-state index contributed by atoms with van der Waals surface area (Å²) in [6.07, 6.45) is 0. The van der Waals surface area contributed by atoms with Crippen LogP contribution in [0.1, 0.15) is 13.8 Å². The van der Waals surface area contributed by atoms with Crippen molar-refractivity contribution in [3.8, 4) is 11.8 Å². The van der Waals surface area contributed by atoms with Gasteiger partial charge in [-0.2, -0.15) is 0 Å². The van der Waals surface area contributed by atoms with E-state index in [2.05, 4.69) is 11.8 Å². The topological polar surface area (TPSA) is 37.3 Å². The third-order valence-corrected chi connectivity index (χ3v) is 1.28. The van der Waals surface area contributed by atoms with Gasteiger partial charge in [0.05, 0.1) is 6.61 Å². The van der Waals surface area contributed by atoms with E-state index in [1.807, 2.05) is 0 Å². The summed E-state index contributed by atoms with van der Waals surface area (Å²) in [6, 6.07) is 0. The van der Waals surface area contributed by atoms with Gasteiger partial charge in [-0.25, -0.2) is 0 Å². The molecule has 0 aromatic heterocycles. The molecule has 0 aliphatic carbocycles. The molecule has 0 aliphatic heterocycles. The number of hydrogen-bond acceptors (Lipinski definition) is 2. The molecule has 0 spiro atoms. The van der Waals surface area contributed by atoms with Crippen LogP contribution < -0.4 is 0 Å². The number of rotatable bonds is 2. The standard InChI is InChI=1S/C8H11ClO2/c1-6(2)8(11)4-3-7(9)5-10/h6-7,10H,5H2,1-2H3. The predicted molar refractivity (Wildman–Crippen MR) is 44.3 cm³/mol. The molecule has 3 heteroatoms. The molecule has 1 unspecified atom stereocenters. The smallest absolute Gasteiger partial charge is 0.208 e. The van der Waals surface area contributed by atoms with Gasteiger partial charge in [-0.15, -0.1) is 11.6 Å². The highest BCUT2D eigenvalue weighted by atomic mass is 35.5. The Labute approximate surface area is 71.6 Å². The van der Waals surface area contributed by atoms with Gasteiger partial charge in [-0.1, -0.05) is 19.8 Å². The summed E-state index contributed by atoms with van der Waals surface area (Å²) in [6.45, 7) is 3.30. The van der Waals surface area contributed by atoms with Gasteiger partial charge in [0.2, 0.25) is 5.78 Å². The van der Waals surface area contributed by atoms with Crippen molar-refractivity contribution in [1.29, 1.82) is 0 Å². The van der Waals surface area contributed by atoms with Crippen LogP contribution in [-0.2, 0) is 4.79 Å². The minimum Gasteiger partial charge on any atom is -0.394 e. The van der Waals surface area contributed by atoms with Gasteiger partial charge in [0.15, 0.2) is 0 Å². The summed E-state index contributed by atoms with van der Waals surface area (Å²) >= 11 is 5.44. The number of ketones is 1. The molecule has 0 aliphatic rings. The van der Waals surface area contributed by atoms with E-state index in [-0.39, 0.29) is 18.3 Å². The largest absolute Gasteiger partial charge is 0.394 e. The second kappa shape index (κ2) is 5.17. The van der Waals surface area contributed by atoms with Gasteiger partial charge in [-0.3, -0.25) is 4.79 Å². The Morgan fingerprint density at radius 1 is 1.64 bits per heavy atom. The van der Waals surface area contributed by atoms with Crippen molar-refractivity contribution < 1.29 is 9.90 Å². The van der Waals surface area contributed by atoms with E-state index >= 15 is 0 Å². The van der Waals surface area contributed by atoms with Crippen LogP contribution >= 0.6 is 11.6 Å². The molecule has 0 rings (SSSR count). The number of carbonyl (C=O) groups excluding carboxylic acids is 1. The molecule has 2 nitrogen and oxygen atoms in total. The van der Waals surface area contributed by atoms with Gasteiger partial charge in [0.25, 0.3) is 0 Å². The average Bonchev–Trinajstić information content (AvgIpc) is 1.99. The van der Waals surface area contributed by atoms with E-state index in [0.29, 0.717) is 0 Å². The molecule has 0 amide bonds. The molecule has 1 atom stereocenters. The monoisotopic (exact) mass is 174 g/mol. The fourth-order valence-electron chi connectivity index (χ4n) is 0.339. The molecule has 0 saturated heterocycles. The number of halogens is 1. The van der Waals surface area contributed by atoms with E-state index in [0.717, 1.165) is 0 Å². The maximum atomic E-state index is 10.8. The zero-order valence-electron chi connectivity index (χ0n) is 6.60. The van der Waals surface area contributed by atoms with E-state index in [1.165, 1.54) is 0 Å².